The SMILES string of the molecule is O=C(NC(=NCCCn1ccnc1)N[C@H]1CCCCN(CC(=O)N2CCCC2)C1=O)c1ccccc1. The number of carbonyl (C=O) groups excluding carboxylic acids is 3. The van der Waals surface area contributed by atoms with Crippen LogP contribution in [0.4, 0.5) is 0 Å². The van der Waals surface area contributed by atoms with Gasteiger partial charge in [-0.05, 0) is 50.7 Å². The van der Waals surface area contributed by atoms with Gasteiger partial charge in [-0.3, -0.25) is 24.7 Å². The summed E-state index contributed by atoms with van der Waals surface area (Å²) in [6.45, 7) is 3.41. The van der Waals surface area contributed by atoms with Gasteiger partial charge in [0.15, 0.2) is 5.96 Å². The maximum absolute atomic E-state index is 13.4. The lowest BCUT2D eigenvalue weighted by Gasteiger charge is -2.27. The molecule has 36 heavy (non-hydrogen) atoms. The molecule has 2 aliphatic rings. The Morgan fingerprint density at radius 3 is 2.58 bits per heavy atom. The summed E-state index contributed by atoms with van der Waals surface area (Å²) in [7, 11) is 0. The second-order valence-electron chi connectivity index (χ2n) is 9.24. The van der Waals surface area contributed by atoms with Crippen LogP contribution < -0.4 is 10.6 Å². The molecule has 2 fully saturated rings. The minimum Gasteiger partial charge on any atom is -0.344 e. The van der Waals surface area contributed by atoms with Crippen LogP contribution in [0.2, 0.25) is 0 Å². The molecule has 3 heterocycles. The number of nitrogens with one attached hydrogen (secondary N) is 2. The van der Waals surface area contributed by atoms with Crippen molar-refractivity contribution in [2.45, 2.75) is 51.1 Å². The van der Waals surface area contributed by atoms with Crippen molar-refractivity contribution in [2.24, 2.45) is 4.99 Å². The molecule has 0 spiro atoms. The molecule has 0 saturated carbocycles. The highest BCUT2D eigenvalue weighted by molar-refractivity contribution is 6.06. The number of aryl methyl sites for hydroxylation is 1. The van der Waals surface area contributed by atoms with E-state index in [0.29, 0.717) is 25.1 Å². The number of rotatable bonds is 8. The first-order valence-electron chi connectivity index (χ1n) is 12.8. The highest BCUT2D eigenvalue weighted by Crippen LogP contribution is 2.14. The van der Waals surface area contributed by atoms with Gasteiger partial charge in [0.2, 0.25) is 11.8 Å². The third-order valence-electron chi connectivity index (χ3n) is 6.55. The lowest BCUT2D eigenvalue weighted by molar-refractivity contribution is -0.140. The topological polar surface area (TPSA) is 112 Å². The second-order valence-corrected chi connectivity index (χ2v) is 9.24. The number of amides is 3. The molecular weight excluding hydrogens is 458 g/mol. The van der Waals surface area contributed by atoms with Gasteiger partial charge in [-0.2, -0.15) is 0 Å². The first-order valence-corrected chi connectivity index (χ1v) is 12.8. The maximum atomic E-state index is 13.4. The Hall–Kier alpha value is -3.69. The van der Waals surface area contributed by atoms with Gasteiger partial charge >= 0.3 is 0 Å². The number of nitrogens with zero attached hydrogens (tertiary/aromatic N) is 5. The van der Waals surface area contributed by atoms with Crippen molar-refractivity contribution < 1.29 is 14.4 Å². The minimum absolute atomic E-state index is 0.00673. The van der Waals surface area contributed by atoms with Crippen molar-refractivity contribution in [2.75, 3.05) is 32.7 Å². The molecule has 0 radical (unpaired) electrons. The van der Waals surface area contributed by atoms with Crippen LogP contribution in [0.15, 0.2) is 54.0 Å². The number of guanidine groups is 1. The lowest BCUT2D eigenvalue weighted by Crippen LogP contribution is -2.53. The third kappa shape index (κ3) is 7.16. The molecule has 10 nitrogen and oxygen atoms in total. The number of aliphatic imine (C=N–C) groups is 1. The largest absolute Gasteiger partial charge is 0.344 e. The summed E-state index contributed by atoms with van der Waals surface area (Å²) in [6.07, 6.45) is 10.5. The van der Waals surface area contributed by atoms with Crippen LogP contribution in [-0.4, -0.2) is 81.8 Å². The van der Waals surface area contributed by atoms with Crippen LogP contribution in [0, 0.1) is 0 Å². The van der Waals surface area contributed by atoms with Gasteiger partial charge in [-0.25, -0.2) is 4.98 Å². The number of aromatic nitrogens is 2. The molecule has 0 bridgehead atoms. The monoisotopic (exact) mass is 493 g/mol. The van der Waals surface area contributed by atoms with Crippen LogP contribution >= 0.6 is 0 Å². The van der Waals surface area contributed by atoms with Crippen molar-refractivity contribution in [3.8, 4) is 0 Å². The van der Waals surface area contributed by atoms with Crippen LogP contribution in [0.25, 0.3) is 0 Å². The Morgan fingerprint density at radius 2 is 1.83 bits per heavy atom. The van der Waals surface area contributed by atoms with Crippen molar-refractivity contribution in [3.63, 3.8) is 0 Å². The van der Waals surface area contributed by atoms with Crippen LogP contribution in [0.5, 0.6) is 0 Å². The fraction of sp³-hybridized carbons (Fsp3) is 0.500. The minimum atomic E-state index is -0.553. The summed E-state index contributed by atoms with van der Waals surface area (Å²) in [5.41, 5.74) is 0.510. The molecule has 1 aromatic carbocycles. The second kappa shape index (κ2) is 12.9. The maximum Gasteiger partial charge on any atom is 0.257 e. The first kappa shape index (κ1) is 25.4. The van der Waals surface area contributed by atoms with Gasteiger partial charge in [0.25, 0.3) is 5.91 Å². The van der Waals surface area contributed by atoms with E-state index < -0.39 is 6.04 Å². The number of benzene rings is 1. The summed E-state index contributed by atoms with van der Waals surface area (Å²) in [4.78, 5) is 51.0. The number of hydrogen-bond acceptors (Lipinski definition) is 5. The van der Waals surface area contributed by atoms with Crippen LogP contribution in [0.1, 0.15) is 48.9 Å². The van der Waals surface area contributed by atoms with E-state index in [9.17, 15) is 14.4 Å². The third-order valence-corrected chi connectivity index (χ3v) is 6.55. The molecule has 0 unspecified atom stereocenters. The summed E-state index contributed by atoms with van der Waals surface area (Å²) in [5, 5.41) is 6.05. The zero-order chi connectivity index (χ0) is 25.2. The smallest absolute Gasteiger partial charge is 0.257 e. The molecular formula is C26H35N7O3. The zero-order valence-corrected chi connectivity index (χ0v) is 20.6. The predicted octanol–water partition coefficient (Wildman–Crippen LogP) is 1.65. The summed E-state index contributed by atoms with van der Waals surface area (Å²) >= 11 is 0. The van der Waals surface area contributed by atoms with Gasteiger partial charge in [-0.1, -0.05) is 18.2 Å². The molecule has 2 aromatic rings. The summed E-state index contributed by atoms with van der Waals surface area (Å²) in [6, 6.07) is 8.36. The molecule has 10 heteroatoms. The Balaban J connectivity index is 1.42. The number of imidazole rings is 1. The van der Waals surface area contributed by atoms with E-state index >= 15 is 0 Å². The molecule has 2 saturated heterocycles. The molecule has 0 aliphatic carbocycles. The number of likely N-dealkylation sites (tertiary alicyclic amines) is 2. The Bertz CT molecular complexity index is 1030. The average Bonchev–Trinajstić information content (AvgIpc) is 3.59. The highest BCUT2D eigenvalue weighted by atomic mass is 16.2. The molecule has 1 atom stereocenters. The molecule has 4 rings (SSSR count). The van der Waals surface area contributed by atoms with E-state index in [-0.39, 0.29) is 30.2 Å². The fourth-order valence-electron chi connectivity index (χ4n) is 4.54. The summed E-state index contributed by atoms with van der Waals surface area (Å²) in [5.74, 6) is -0.133. The van der Waals surface area contributed by atoms with E-state index in [0.717, 1.165) is 51.7 Å². The number of carbonyl (C=O) groups is 3. The van der Waals surface area contributed by atoms with Crippen molar-refractivity contribution >= 4 is 23.7 Å². The van der Waals surface area contributed by atoms with Gasteiger partial charge in [0, 0.05) is 50.7 Å². The molecule has 2 N–H and O–H groups in total. The molecule has 192 valence electrons. The lowest BCUT2D eigenvalue weighted by atomic mass is 10.1. The normalized spacial score (nSPS) is 18.7. The molecule has 1 aromatic heterocycles. The van der Waals surface area contributed by atoms with Gasteiger partial charge in [0.1, 0.15) is 6.04 Å². The highest BCUT2D eigenvalue weighted by Gasteiger charge is 2.31. The van der Waals surface area contributed by atoms with Crippen LogP contribution in [-0.2, 0) is 16.1 Å². The van der Waals surface area contributed by atoms with Crippen LogP contribution in [0.3, 0.4) is 0 Å². The standard InChI is InChI=1S/C26H35N7O3/c34-23(32-15-6-7-16-32)19-33-17-5-4-11-22(25(33)36)29-26(28-12-8-14-31-18-13-27-20-31)30-24(35)21-9-2-1-3-10-21/h1-3,9-10,13,18,20,22H,4-8,11-12,14-17,19H2,(H2,28,29,30,35)/t22-/m0/s1. The molecule has 2 aliphatic heterocycles. The zero-order valence-electron chi connectivity index (χ0n) is 20.6. The summed E-state index contributed by atoms with van der Waals surface area (Å²) < 4.78 is 1.97. The predicted molar refractivity (Wildman–Crippen MR) is 136 cm³/mol. The van der Waals surface area contributed by atoms with E-state index in [1.165, 1.54) is 0 Å². The van der Waals surface area contributed by atoms with Gasteiger partial charge in [-0.15, -0.1) is 0 Å². The van der Waals surface area contributed by atoms with Crippen molar-refractivity contribution in [1.29, 1.82) is 0 Å². The first-order chi connectivity index (χ1) is 17.6. The van der Waals surface area contributed by atoms with Gasteiger partial charge in [0.05, 0.1) is 12.9 Å². The van der Waals surface area contributed by atoms with E-state index in [1.807, 2.05) is 21.7 Å². The van der Waals surface area contributed by atoms with Gasteiger partial charge < -0.3 is 19.7 Å². The Labute approximate surface area is 211 Å². The number of hydrogen-bond donors (Lipinski definition) is 2. The van der Waals surface area contributed by atoms with Crippen molar-refractivity contribution in [3.05, 3.63) is 54.6 Å². The van der Waals surface area contributed by atoms with E-state index in [2.05, 4.69) is 20.6 Å². The Kier molecular flexibility index (Phi) is 9.07. The Morgan fingerprint density at radius 1 is 1.06 bits per heavy atom. The van der Waals surface area contributed by atoms with Crippen molar-refractivity contribution in [1.82, 2.24) is 30.0 Å². The molecule has 3 amide bonds. The van der Waals surface area contributed by atoms with E-state index in [1.54, 1.807) is 41.7 Å². The average molecular weight is 494 g/mol. The van der Waals surface area contributed by atoms with E-state index in [4.69, 9.17) is 0 Å². The fourth-order valence-corrected chi connectivity index (χ4v) is 4.54. The quantitative estimate of drug-likeness (QED) is 0.330.